The van der Waals surface area contributed by atoms with E-state index in [0.29, 0.717) is 5.92 Å². The predicted octanol–water partition coefficient (Wildman–Crippen LogP) is 4.12. The predicted molar refractivity (Wildman–Crippen MR) is 63.1 cm³/mol. The van der Waals surface area contributed by atoms with E-state index in [0.717, 1.165) is 10.5 Å². The lowest BCUT2D eigenvalue weighted by Gasteiger charge is -2.07. The average molecular weight is 205 g/mol. The lowest BCUT2D eigenvalue weighted by atomic mass is 9.99. The molecular weight excluding hydrogens is 190 g/mol. The van der Waals surface area contributed by atoms with Crippen molar-refractivity contribution in [3.8, 4) is 0 Å². The summed E-state index contributed by atoms with van der Waals surface area (Å²) in [4.78, 5) is 4.51. The maximum atomic E-state index is 4.51. The maximum Gasteiger partial charge on any atom is 0.0907 e. The summed E-state index contributed by atoms with van der Waals surface area (Å²) in [6, 6.07) is 6.66. The van der Waals surface area contributed by atoms with Crippen LogP contribution in [0, 0.1) is 6.92 Å². The van der Waals surface area contributed by atoms with E-state index in [1.807, 2.05) is 0 Å². The highest BCUT2D eigenvalue weighted by atomic mass is 32.1. The molecule has 0 radical (unpaired) electrons. The number of hydrogen-bond donors (Lipinski definition) is 0. The van der Waals surface area contributed by atoms with Crippen molar-refractivity contribution in [3.63, 3.8) is 0 Å². The highest BCUT2D eigenvalue weighted by Gasteiger charge is 2.05. The fourth-order valence-corrected chi connectivity index (χ4v) is 2.41. The molecule has 14 heavy (non-hydrogen) atoms. The van der Waals surface area contributed by atoms with E-state index in [2.05, 4.69) is 44.0 Å². The minimum atomic E-state index is 0.640. The number of rotatable bonds is 2. The first kappa shape index (κ1) is 9.66. The molecule has 0 N–H and O–H groups in total. The molecule has 0 spiro atoms. The molecule has 0 aliphatic heterocycles. The minimum absolute atomic E-state index is 0.640. The van der Waals surface area contributed by atoms with Gasteiger partial charge in [-0.3, -0.25) is 0 Å². The van der Waals surface area contributed by atoms with Gasteiger partial charge in [-0.1, -0.05) is 19.9 Å². The largest absolute Gasteiger partial charge is 0.242 e. The molecule has 0 aliphatic rings. The Hall–Kier alpha value is -0.890. The Morgan fingerprint density at radius 3 is 2.93 bits per heavy atom. The zero-order chi connectivity index (χ0) is 10.1. The third-order valence-electron chi connectivity index (χ3n) is 2.70. The Morgan fingerprint density at radius 2 is 2.21 bits per heavy atom. The highest BCUT2D eigenvalue weighted by Crippen LogP contribution is 2.26. The van der Waals surface area contributed by atoms with E-state index in [1.54, 1.807) is 11.3 Å². The van der Waals surface area contributed by atoms with Crippen LogP contribution in [0.5, 0.6) is 0 Å². The van der Waals surface area contributed by atoms with E-state index in [9.17, 15) is 0 Å². The highest BCUT2D eigenvalue weighted by molar-refractivity contribution is 7.18. The van der Waals surface area contributed by atoms with Crippen molar-refractivity contribution >= 4 is 21.6 Å². The number of thiazole rings is 1. The molecule has 0 bridgehead atoms. The second-order valence-corrected chi connectivity index (χ2v) is 5.00. The number of benzene rings is 1. The fraction of sp³-hybridized carbons (Fsp3) is 0.417. The molecule has 74 valence electrons. The summed E-state index contributed by atoms with van der Waals surface area (Å²) >= 11 is 1.77. The summed E-state index contributed by atoms with van der Waals surface area (Å²) in [5.74, 6) is 0.640. The van der Waals surface area contributed by atoms with Crippen molar-refractivity contribution in [1.29, 1.82) is 0 Å². The lowest BCUT2D eigenvalue weighted by molar-refractivity contribution is 0.734. The van der Waals surface area contributed by atoms with Crippen LogP contribution in [0.25, 0.3) is 10.2 Å². The van der Waals surface area contributed by atoms with Gasteiger partial charge in [0.1, 0.15) is 0 Å². The zero-order valence-electron chi connectivity index (χ0n) is 8.87. The van der Waals surface area contributed by atoms with Crippen molar-refractivity contribution in [2.75, 3.05) is 0 Å². The number of fused-ring (bicyclic) bond motifs is 1. The Bertz CT molecular complexity index is 445. The van der Waals surface area contributed by atoms with E-state index < -0.39 is 0 Å². The zero-order valence-corrected chi connectivity index (χ0v) is 9.69. The van der Waals surface area contributed by atoms with Gasteiger partial charge in [0.25, 0.3) is 0 Å². The summed E-state index contributed by atoms with van der Waals surface area (Å²) < 4.78 is 1.30. The molecule has 1 aromatic heterocycles. The van der Waals surface area contributed by atoms with Crippen LogP contribution in [-0.4, -0.2) is 4.98 Å². The topological polar surface area (TPSA) is 12.9 Å². The average Bonchev–Trinajstić information content (AvgIpc) is 2.55. The molecule has 1 heterocycles. The van der Waals surface area contributed by atoms with Gasteiger partial charge >= 0.3 is 0 Å². The normalized spacial score (nSPS) is 13.4. The van der Waals surface area contributed by atoms with Gasteiger partial charge in [0.2, 0.25) is 0 Å². The molecule has 1 aromatic carbocycles. The number of hydrogen-bond acceptors (Lipinski definition) is 2. The second-order valence-electron chi connectivity index (χ2n) is 3.77. The molecule has 2 rings (SSSR count). The molecule has 0 fully saturated rings. The fourth-order valence-electron chi connectivity index (χ4n) is 1.60. The van der Waals surface area contributed by atoms with Crippen LogP contribution in [-0.2, 0) is 0 Å². The first-order valence-electron chi connectivity index (χ1n) is 5.07. The maximum absolute atomic E-state index is 4.51. The van der Waals surface area contributed by atoms with Gasteiger partial charge in [0.05, 0.1) is 15.2 Å². The van der Waals surface area contributed by atoms with Gasteiger partial charge < -0.3 is 0 Å². The summed E-state index contributed by atoms with van der Waals surface area (Å²) in [6.07, 6.45) is 1.19. The van der Waals surface area contributed by atoms with Gasteiger partial charge in [0, 0.05) is 0 Å². The number of nitrogens with zero attached hydrogens (tertiary/aromatic N) is 1. The van der Waals surface area contributed by atoms with Crippen molar-refractivity contribution < 1.29 is 0 Å². The Labute approximate surface area is 88.8 Å². The van der Waals surface area contributed by atoms with Gasteiger partial charge in [-0.2, -0.15) is 0 Å². The first-order chi connectivity index (χ1) is 6.70. The van der Waals surface area contributed by atoms with Crippen LogP contribution < -0.4 is 0 Å². The Balaban J connectivity index is 2.50. The second kappa shape index (κ2) is 3.70. The number of aromatic nitrogens is 1. The van der Waals surface area contributed by atoms with Crippen LogP contribution in [0.4, 0.5) is 0 Å². The molecule has 1 nitrogen and oxygen atoms in total. The van der Waals surface area contributed by atoms with Gasteiger partial charge in [-0.25, -0.2) is 4.98 Å². The smallest absolute Gasteiger partial charge is 0.0907 e. The lowest BCUT2D eigenvalue weighted by Crippen LogP contribution is -1.90. The van der Waals surface area contributed by atoms with E-state index in [1.165, 1.54) is 16.7 Å². The molecular formula is C12H15NS. The monoisotopic (exact) mass is 205 g/mol. The quantitative estimate of drug-likeness (QED) is 0.718. The summed E-state index contributed by atoms with van der Waals surface area (Å²) in [5.41, 5.74) is 2.57. The molecule has 1 atom stereocenters. The molecule has 0 saturated carbocycles. The van der Waals surface area contributed by atoms with Crippen LogP contribution >= 0.6 is 11.3 Å². The van der Waals surface area contributed by atoms with Crippen LogP contribution in [0.2, 0.25) is 0 Å². The molecule has 0 saturated heterocycles. The summed E-state index contributed by atoms with van der Waals surface area (Å²) in [7, 11) is 0. The molecule has 0 aliphatic carbocycles. The van der Waals surface area contributed by atoms with Crippen molar-refractivity contribution in [2.45, 2.75) is 33.1 Å². The Kier molecular flexibility index (Phi) is 2.55. The molecule has 0 amide bonds. The molecule has 2 aromatic rings. The standard InChI is InChI=1S/C12H15NS/c1-4-8(2)10-5-6-12-11(7-10)13-9(3)14-12/h5-8H,4H2,1-3H3. The van der Waals surface area contributed by atoms with Crippen LogP contribution in [0.1, 0.15) is 36.8 Å². The molecule has 1 unspecified atom stereocenters. The minimum Gasteiger partial charge on any atom is -0.242 e. The van der Waals surface area contributed by atoms with Crippen LogP contribution in [0.15, 0.2) is 18.2 Å². The van der Waals surface area contributed by atoms with Gasteiger partial charge in [0.15, 0.2) is 0 Å². The van der Waals surface area contributed by atoms with Gasteiger partial charge in [-0.15, -0.1) is 11.3 Å². The third-order valence-corrected chi connectivity index (χ3v) is 3.65. The van der Waals surface area contributed by atoms with E-state index in [-0.39, 0.29) is 0 Å². The van der Waals surface area contributed by atoms with Gasteiger partial charge in [-0.05, 0) is 37.0 Å². The van der Waals surface area contributed by atoms with Crippen molar-refractivity contribution in [2.24, 2.45) is 0 Å². The van der Waals surface area contributed by atoms with Crippen LogP contribution in [0.3, 0.4) is 0 Å². The third kappa shape index (κ3) is 1.67. The van der Waals surface area contributed by atoms with Crippen molar-refractivity contribution in [1.82, 2.24) is 4.98 Å². The SMILES string of the molecule is CCC(C)c1ccc2sc(C)nc2c1. The first-order valence-corrected chi connectivity index (χ1v) is 5.89. The van der Waals surface area contributed by atoms with E-state index in [4.69, 9.17) is 0 Å². The number of aryl methyl sites for hydroxylation is 1. The van der Waals surface area contributed by atoms with Crippen molar-refractivity contribution in [3.05, 3.63) is 28.8 Å². The van der Waals surface area contributed by atoms with E-state index >= 15 is 0 Å². The molecule has 2 heteroatoms. The Morgan fingerprint density at radius 1 is 1.43 bits per heavy atom. The summed E-state index contributed by atoms with van der Waals surface area (Å²) in [6.45, 7) is 6.55. The summed E-state index contributed by atoms with van der Waals surface area (Å²) in [5, 5.41) is 1.15.